The third-order valence-corrected chi connectivity index (χ3v) is 2.37. The van der Waals surface area contributed by atoms with Crippen LogP contribution in [0.25, 0.3) is 5.76 Å². The Kier molecular flexibility index (Phi) is 5.00. The molecule has 1 aromatic carbocycles. The maximum Gasteiger partial charge on any atom is 0.357 e. The normalized spacial score (nSPS) is 11.5. The van der Waals surface area contributed by atoms with Crippen LogP contribution in [-0.4, -0.2) is 29.2 Å². The number of hydrogen-bond acceptors (Lipinski definition) is 5. The summed E-state index contributed by atoms with van der Waals surface area (Å²) in [6, 6.07) is 8.27. The second-order valence-electron chi connectivity index (χ2n) is 3.74. The predicted molar refractivity (Wildman–Crippen MR) is 71.0 cm³/mol. The summed E-state index contributed by atoms with van der Waals surface area (Å²) in [5.74, 6) is -1.90. The molecule has 0 bridgehead atoms. The fourth-order valence-corrected chi connectivity index (χ4v) is 1.51. The first-order valence-electron chi connectivity index (χ1n) is 5.74. The Hall–Kier alpha value is -2.43. The van der Waals surface area contributed by atoms with Crippen LogP contribution in [0.1, 0.15) is 19.4 Å². The molecule has 0 spiro atoms. The second kappa shape index (κ2) is 6.49. The van der Waals surface area contributed by atoms with E-state index in [0.717, 1.165) is 0 Å². The van der Waals surface area contributed by atoms with Crippen molar-refractivity contribution in [2.24, 2.45) is 0 Å². The van der Waals surface area contributed by atoms with Crippen molar-refractivity contribution in [3.05, 3.63) is 41.5 Å². The summed E-state index contributed by atoms with van der Waals surface area (Å²) in [6.45, 7) is 2.88. The minimum Gasteiger partial charge on any atom is -0.506 e. The topological polar surface area (TPSA) is 87.5 Å². The molecule has 0 aliphatic carbocycles. The number of rotatable bonds is 5. The Morgan fingerprint density at radius 3 is 2.32 bits per heavy atom. The molecule has 0 radical (unpaired) electrons. The summed E-state index contributed by atoms with van der Waals surface area (Å²) in [7, 11) is 0. The number of hydrogen-bond donors (Lipinski definition) is 2. The SMILES string of the molecule is CCOC(=O)C(=N)/C(C(C)=O)=C(\O)c1ccccc1. The molecule has 5 heteroatoms. The summed E-state index contributed by atoms with van der Waals surface area (Å²) >= 11 is 0. The van der Waals surface area contributed by atoms with Crippen molar-refractivity contribution in [2.45, 2.75) is 13.8 Å². The number of Topliss-reactive ketones (excluding diaryl/α,β-unsaturated/α-hetero) is 1. The van der Waals surface area contributed by atoms with Crippen LogP contribution in [0.5, 0.6) is 0 Å². The molecule has 100 valence electrons. The van der Waals surface area contributed by atoms with Crippen LogP contribution in [0.2, 0.25) is 0 Å². The Morgan fingerprint density at radius 2 is 1.84 bits per heavy atom. The van der Waals surface area contributed by atoms with Gasteiger partial charge < -0.3 is 9.84 Å². The summed E-state index contributed by atoms with van der Waals surface area (Å²) in [5, 5.41) is 17.7. The van der Waals surface area contributed by atoms with Crippen molar-refractivity contribution in [3.8, 4) is 0 Å². The molecule has 0 fully saturated rings. The maximum atomic E-state index is 11.5. The largest absolute Gasteiger partial charge is 0.506 e. The predicted octanol–water partition coefficient (Wildman–Crippen LogP) is 2.13. The third-order valence-electron chi connectivity index (χ3n) is 2.37. The van der Waals surface area contributed by atoms with Gasteiger partial charge in [0.05, 0.1) is 12.2 Å². The molecule has 0 saturated heterocycles. The van der Waals surface area contributed by atoms with Crippen molar-refractivity contribution >= 4 is 23.2 Å². The molecule has 0 heterocycles. The second-order valence-corrected chi connectivity index (χ2v) is 3.74. The Labute approximate surface area is 111 Å². The number of esters is 1. The molecule has 0 aliphatic heterocycles. The molecular formula is C14H15NO4. The Balaban J connectivity index is 3.24. The van der Waals surface area contributed by atoms with Crippen LogP contribution in [0, 0.1) is 5.41 Å². The lowest BCUT2D eigenvalue weighted by Gasteiger charge is -2.09. The highest BCUT2D eigenvalue weighted by molar-refractivity contribution is 6.50. The minimum absolute atomic E-state index is 0.0957. The number of ketones is 1. The van der Waals surface area contributed by atoms with Gasteiger partial charge in [0, 0.05) is 5.56 Å². The van der Waals surface area contributed by atoms with Gasteiger partial charge in [0.25, 0.3) is 0 Å². The fourth-order valence-electron chi connectivity index (χ4n) is 1.51. The van der Waals surface area contributed by atoms with Gasteiger partial charge in [0.1, 0.15) is 5.76 Å². The summed E-state index contributed by atoms with van der Waals surface area (Å²) < 4.78 is 4.66. The van der Waals surface area contributed by atoms with E-state index in [1.807, 2.05) is 0 Å². The van der Waals surface area contributed by atoms with Crippen LogP contribution >= 0.6 is 0 Å². The number of benzene rings is 1. The summed E-state index contributed by atoms with van der Waals surface area (Å²) in [4.78, 5) is 23.0. The van der Waals surface area contributed by atoms with Crippen LogP contribution in [0.3, 0.4) is 0 Å². The zero-order chi connectivity index (χ0) is 14.4. The molecule has 0 saturated carbocycles. The minimum atomic E-state index is -0.935. The highest BCUT2D eigenvalue weighted by Crippen LogP contribution is 2.17. The lowest BCUT2D eigenvalue weighted by Crippen LogP contribution is -2.23. The molecule has 19 heavy (non-hydrogen) atoms. The van der Waals surface area contributed by atoms with Gasteiger partial charge in [-0.15, -0.1) is 0 Å². The Morgan fingerprint density at radius 1 is 1.26 bits per heavy atom. The van der Waals surface area contributed by atoms with Crippen molar-refractivity contribution < 1.29 is 19.4 Å². The van der Waals surface area contributed by atoms with E-state index in [4.69, 9.17) is 5.41 Å². The quantitative estimate of drug-likeness (QED) is 0.368. The highest BCUT2D eigenvalue weighted by atomic mass is 16.5. The van der Waals surface area contributed by atoms with Crippen molar-refractivity contribution in [3.63, 3.8) is 0 Å². The molecule has 0 unspecified atom stereocenters. The highest BCUT2D eigenvalue weighted by Gasteiger charge is 2.24. The zero-order valence-electron chi connectivity index (χ0n) is 10.8. The third kappa shape index (κ3) is 3.51. The fraction of sp³-hybridized carbons (Fsp3) is 0.214. The summed E-state index contributed by atoms with van der Waals surface area (Å²) in [5.41, 5.74) is -0.623. The molecule has 0 amide bonds. The number of carbonyl (C=O) groups excluding carboxylic acids is 2. The van der Waals surface area contributed by atoms with Gasteiger partial charge in [-0.2, -0.15) is 0 Å². The first-order valence-corrected chi connectivity index (χ1v) is 5.74. The maximum absolute atomic E-state index is 11.5. The van der Waals surface area contributed by atoms with Gasteiger partial charge >= 0.3 is 5.97 Å². The lowest BCUT2D eigenvalue weighted by molar-refractivity contribution is -0.135. The number of aliphatic hydroxyl groups excluding tert-OH is 1. The van der Waals surface area contributed by atoms with Gasteiger partial charge in [0.15, 0.2) is 11.5 Å². The molecule has 0 aliphatic rings. The summed E-state index contributed by atoms with van der Waals surface area (Å²) in [6.07, 6.45) is 0. The van der Waals surface area contributed by atoms with Gasteiger partial charge in [-0.25, -0.2) is 4.79 Å². The van der Waals surface area contributed by atoms with E-state index in [1.54, 1.807) is 37.3 Å². The standard InChI is InChI=1S/C14H15NO4/c1-3-19-14(18)12(15)11(9(2)16)13(17)10-7-5-4-6-8-10/h4-8,15,17H,3H2,1-2H3/b13-11-,15-12?. The number of ether oxygens (including phenoxy) is 1. The van der Waals surface area contributed by atoms with Crippen LogP contribution < -0.4 is 0 Å². The van der Waals surface area contributed by atoms with Gasteiger partial charge in [-0.05, 0) is 13.8 Å². The number of nitrogens with one attached hydrogen (secondary N) is 1. The van der Waals surface area contributed by atoms with E-state index in [-0.39, 0.29) is 12.2 Å². The monoisotopic (exact) mass is 261 g/mol. The molecule has 5 nitrogen and oxygen atoms in total. The van der Waals surface area contributed by atoms with Gasteiger partial charge in [0.2, 0.25) is 0 Å². The molecule has 0 atom stereocenters. The van der Waals surface area contributed by atoms with Crippen LogP contribution in [-0.2, 0) is 14.3 Å². The van der Waals surface area contributed by atoms with E-state index >= 15 is 0 Å². The van der Waals surface area contributed by atoms with Gasteiger partial charge in [-0.1, -0.05) is 30.3 Å². The average Bonchev–Trinajstić information content (AvgIpc) is 2.39. The number of carbonyl (C=O) groups is 2. The smallest absolute Gasteiger partial charge is 0.357 e. The van der Waals surface area contributed by atoms with Crippen LogP contribution in [0.4, 0.5) is 0 Å². The van der Waals surface area contributed by atoms with Gasteiger partial charge in [-0.3, -0.25) is 10.2 Å². The zero-order valence-corrected chi connectivity index (χ0v) is 10.8. The molecule has 0 aromatic heterocycles. The van der Waals surface area contributed by atoms with Crippen LogP contribution in [0.15, 0.2) is 35.9 Å². The van der Waals surface area contributed by atoms with E-state index in [9.17, 15) is 14.7 Å². The van der Waals surface area contributed by atoms with Crippen molar-refractivity contribution in [2.75, 3.05) is 6.61 Å². The molecule has 1 aromatic rings. The van der Waals surface area contributed by atoms with E-state index in [0.29, 0.717) is 5.56 Å². The van der Waals surface area contributed by atoms with E-state index < -0.39 is 23.2 Å². The molecule has 2 N–H and O–H groups in total. The van der Waals surface area contributed by atoms with Crippen molar-refractivity contribution in [1.29, 1.82) is 5.41 Å². The first kappa shape index (κ1) is 14.6. The Bertz CT molecular complexity index is 532. The lowest BCUT2D eigenvalue weighted by atomic mass is 10.0. The molecule has 1 rings (SSSR count). The average molecular weight is 261 g/mol. The number of aliphatic hydroxyl groups is 1. The first-order chi connectivity index (χ1) is 8.99. The molecular weight excluding hydrogens is 246 g/mol. The van der Waals surface area contributed by atoms with E-state index in [1.165, 1.54) is 6.92 Å². The van der Waals surface area contributed by atoms with E-state index in [2.05, 4.69) is 4.74 Å². The van der Waals surface area contributed by atoms with Crippen molar-refractivity contribution in [1.82, 2.24) is 0 Å².